The van der Waals surface area contributed by atoms with Gasteiger partial charge in [-0.3, -0.25) is 0 Å². The summed E-state index contributed by atoms with van der Waals surface area (Å²) in [5.41, 5.74) is -0.0123. The third kappa shape index (κ3) is 2.41. The Morgan fingerprint density at radius 1 is 1.61 bits per heavy atom. The van der Waals surface area contributed by atoms with E-state index in [0.29, 0.717) is 12.5 Å². The summed E-state index contributed by atoms with van der Waals surface area (Å²) in [5.74, 6) is -0.773. The minimum atomic E-state index is -3.61. The number of aryl methyl sites for hydroxylation is 1. The average molecular weight is 272 g/mol. The number of aromatic nitrogens is 1. The monoisotopic (exact) mass is 272 g/mol. The lowest BCUT2D eigenvalue weighted by Gasteiger charge is -2.02. The van der Waals surface area contributed by atoms with Crippen LogP contribution in [-0.4, -0.2) is 30.1 Å². The molecular formula is C11H16N2O4S. The zero-order chi connectivity index (χ0) is 13.5. The van der Waals surface area contributed by atoms with Crippen LogP contribution in [0, 0.1) is 5.92 Å². The summed E-state index contributed by atoms with van der Waals surface area (Å²) < 4.78 is 28.0. The number of carbonyl (C=O) groups is 1. The second-order valence-corrected chi connectivity index (χ2v) is 6.31. The highest BCUT2D eigenvalue weighted by Crippen LogP contribution is 2.30. The molecule has 2 N–H and O–H groups in total. The fourth-order valence-corrected chi connectivity index (χ4v) is 3.22. The summed E-state index contributed by atoms with van der Waals surface area (Å²) >= 11 is 0. The predicted molar refractivity (Wildman–Crippen MR) is 65.0 cm³/mol. The smallest absolute Gasteiger partial charge is 0.352 e. The molecule has 0 bridgehead atoms. The van der Waals surface area contributed by atoms with E-state index in [2.05, 4.69) is 4.72 Å². The summed E-state index contributed by atoms with van der Waals surface area (Å²) in [4.78, 5) is 11.0. The van der Waals surface area contributed by atoms with Crippen LogP contribution in [0.4, 0.5) is 0 Å². The van der Waals surface area contributed by atoms with Crippen LogP contribution in [0.15, 0.2) is 17.2 Å². The maximum atomic E-state index is 12.0. The summed E-state index contributed by atoms with van der Waals surface area (Å²) in [5, 5.41) is 8.98. The SMILES string of the molecule is CCn1cc(S(=O)(=O)NC2CC2C)cc1C(=O)O. The molecule has 18 heavy (non-hydrogen) atoms. The van der Waals surface area contributed by atoms with Crippen molar-refractivity contribution in [3.05, 3.63) is 18.0 Å². The Bertz CT molecular complexity index is 576. The first-order chi connectivity index (χ1) is 8.35. The third-order valence-electron chi connectivity index (χ3n) is 3.16. The molecule has 0 spiro atoms. The zero-order valence-corrected chi connectivity index (χ0v) is 11.1. The first-order valence-corrected chi connectivity index (χ1v) is 7.29. The van der Waals surface area contributed by atoms with E-state index in [1.807, 2.05) is 6.92 Å². The van der Waals surface area contributed by atoms with Crippen LogP contribution < -0.4 is 4.72 Å². The van der Waals surface area contributed by atoms with Gasteiger partial charge in [0.2, 0.25) is 10.0 Å². The van der Waals surface area contributed by atoms with Crippen molar-refractivity contribution in [3.63, 3.8) is 0 Å². The highest BCUT2D eigenvalue weighted by Gasteiger charge is 2.37. The Balaban J connectivity index is 2.30. The van der Waals surface area contributed by atoms with Gasteiger partial charge in [-0.25, -0.2) is 17.9 Å². The van der Waals surface area contributed by atoms with E-state index in [1.54, 1.807) is 6.92 Å². The van der Waals surface area contributed by atoms with Crippen molar-refractivity contribution >= 4 is 16.0 Å². The molecule has 1 heterocycles. The molecule has 0 radical (unpaired) electrons. The Labute approximate surface area is 106 Å². The molecule has 2 rings (SSSR count). The van der Waals surface area contributed by atoms with Gasteiger partial charge >= 0.3 is 5.97 Å². The Morgan fingerprint density at radius 2 is 2.22 bits per heavy atom. The van der Waals surface area contributed by atoms with Crippen LogP contribution in [0.25, 0.3) is 0 Å². The molecule has 1 fully saturated rings. The molecule has 0 amide bonds. The number of rotatable bonds is 5. The minimum absolute atomic E-state index is 0.0123. The number of hydrogen-bond acceptors (Lipinski definition) is 3. The normalized spacial score (nSPS) is 23.0. The van der Waals surface area contributed by atoms with Crippen molar-refractivity contribution < 1.29 is 18.3 Å². The van der Waals surface area contributed by atoms with Gasteiger partial charge in [-0.1, -0.05) is 6.92 Å². The van der Waals surface area contributed by atoms with Crippen LogP contribution in [-0.2, 0) is 16.6 Å². The topological polar surface area (TPSA) is 88.4 Å². The van der Waals surface area contributed by atoms with Crippen molar-refractivity contribution in [2.45, 2.75) is 37.8 Å². The van der Waals surface area contributed by atoms with E-state index >= 15 is 0 Å². The van der Waals surface area contributed by atoms with Crippen molar-refractivity contribution in [3.8, 4) is 0 Å². The molecule has 1 aliphatic carbocycles. The van der Waals surface area contributed by atoms with Gasteiger partial charge in [0, 0.05) is 18.8 Å². The highest BCUT2D eigenvalue weighted by molar-refractivity contribution is 7.89. The van der Waals surface area contributed by atoms with Crippen LogP contribution in [0.1, 0.15) is 30.8 Å². The molecule has 1 aliphatic rings. The lowest BCUT2D eigenvalue weighted by atomic mass is 10.4. The predicted octanol–water partition coefficient (Wildman–Crippen LogP) is 0.893. The number of nitrogens with one attached hydrogen (secondary N) is 1. The fourth-order valence-electron chi connectivity index (χ4n) is 1.82. The molecule has 1 aromatic heterocycles. The van der Waals surface area contributed by atoms with Gasteiger partial charge in [-0.15, -0.1) is 0 Å². The van der Waals surface area contributed by atoms with Crippen molar-refractivity contribution in [2.75, 3.05) is 0 Å². The van der Waals surface area contributed by atoms with E-state index in [1.165, 1.54) is 16.8 Å². The standard InChI is InChI=1S/C11H16N2O4S/c1-3-13-6-8(5-10(13)11(14)15)18(16,17)12-9-4-7(9)2/h5-7,9,12H,3-4H2,1-2H3,(H,14,15). The molecule has 1 aromatic rings. The van der Waals surface area contributed by atoms with Crippen LogP contribution in [0.5, 0.6) is 0 Å². The maximum Gasteiger partial charge on any atom is 0.352 e. The summed E-state index contributed by atoms with van der Waals surface area (Å²) in [7, 11) is -3.61. The second-order valence-electron chi connectivity index (χ2n) is 4.59. The second kappa shape index (κ2) is 4.40. The summed E-state index contributed by atoms with van der Waals surface area (Å²) in [6.07, 6.45) is 2.19. The number of aromatic carboxylic acids is 1. The van der Waals surface area contributed by atoms with Gasteiger partial charge in [0.15, 0.2) is 0 Å². The number of hydrogen-bond donors (Lipinski definition) is 2. The van der Waals surface area contributed by atoms with E-state index in [0.717, 1.165) is 6.42 Å². The van der Waals surface area contributed by atoms with Crippen LogP contribution >= 0.6 is 0 Å². The molecule has 1 saturated carbocycles. The number of carboxylic acids is 1. The van der Waals surface area contributed by atoms with E-state index in [4.69, 9.17) is 5.11 Å². The van der Waals surface area contributed by atoms with E-state index < -0.39 is 16.0 Å². The fraction of sp³-hybridized carbons (Fsp3) is 0.545. The molecule has 7 heteroatoms. The number of nitrogens with zero attached hydrogens (tertiary/aromatic N) is 1. The van der Waals surface area contributed by atoms with Crippen LogP contribution in [0.3, 0.4) is 0 Å². The number of sulfonamides is 1. The van der Waals surface area contributed by atoms with Crippen LogP contribution in [0.2, 0.25) is 0 Å². The molecule has 2 unspecified atom stereocenters. The summed E-state index contributed by atoms with van der Waals surface area (Å²) in [6.45, 7) is 4.14. The lowest BCUT2D eigenvalue weighted by molar-refractivity contribution is 0.0685. The zero-order valence-electron chi connectivity index (χ0n) is 10.3. The van der Waals surface area contributed by atoms with Gasteiger partial charge in [-0.2, -0.15) is 0 Å². The first kappa shape index (κ1) is 13.1. The quantitative estimate of drug-likeness (QED) is 0.833. The lowest BCUT2D eigenvalue weighted by Crippen LogP contribution is -2.26. The molecular weight excluding hydrogens is 256 g/mol. The van der Waals surface area contributed by atoms with Gasteiger partial charge in [0.25, 0.3) is 0 Å². The van der Waals surface area contributed by atoms with Gasteiger partial charge < -0.3 is 9.67 Å². The minimum Gasteiger partial charge on any atom is -0.477 e. The Kier molecular flexibility index (Phi) is 3.20. The van der Waals surface area contributed by atoms with Gasteiger partial charge in [-0.05, 0) is 25.3 Å². The van der Waals surface area contributed by atoms with Crippen molar-refractivity contribution in [1.29, 1.82) is 0 Å². The average Bonchev–Trinajstić information content (AvgIpc) is 2.83. The van der Waals surface area contributed by atoms with Crippen molar-refractivity contribution in [2.24, 2.45) is 5.92 Å². The molecule has 6 nitrogen and oxygen atoms in total. The van der Waals surface area contributed by atoms with E-state index in [-0.39, 0.29) is 16.6 Å². The molecule has 100 valence electrons. The van der Waals surface area contributed by atoms with Gasteiger partial charge in [0.05, 0.1) is 0 Å². The third-order valence-corrected chi connectivity index (χ3v) is 4.61. The van der Waals surface area contributed by atoms with Crippen molar-refractivity contribution in [1.82, 2.24) is 9.29 Å². The Morgan fingerprint density at radius 3 is 2.61 bits per heavy atom. The number of carboxylic acid groups (broad SMARTS) is 1. The molecule has 2 atom stereocenters. The first-order valence-electron chi connectivity index (χ1n) is 5.81. The molecule has 0 aromatic carbocycles. The Hall–Kier alpha value is -1.34. The highest BCUT2D eigenvalue weighted by atomic mass is 32.2. The maximum absolute atomic E-state index is 12.0. The van der Waals surface area contributed by atoms with Gasteiger partial charge in [0.1, 0.15) is 10.6 Å². The molecule has 0 saturated heterocycles. The van der Waals surface area contributed by atoms with E-state index in [9.17, 15) is 13.2 Å². The largest absolute Gasteiger partial charge is 0.477 e. The molecule has 0 aliphatic heterocycles. The summed E-state index contributed by atoms with van der Waals surface area (Å²) in [6, 6.07) is 1.18.